The van der Waals surface area contributed by atoms with Crippen LogP contribution in [0.1, 0.15) is 77.0 Å². The summed E-state index contributed by atoms with van der Waals surface area (Å²) in [5.74, 6) is 2.95. The lowest BCUT2D eigenvalue weighted by molar-refractivity contribution is 0.0598. The minimum atomic E-state index is 0.813. The number of allylic oxidation sites excluding steroid dienone is 1. The molecule has 1 nitrogen and oxygen atoms in total. The molecule has 0 amide bonds. The van der Waals surface area contributed by atoms with Gasteiger partial charge >= 0.3 is 0 Å². The molecule has 21 heavy (non-hydrogen) atoms. The van der Waals surface area contributed by atoms with Gasteiger partial charge in [-0.2, -0.15) is 0 Å². The summed E-state index contributed by atoms with van der Waals surface area (Å²) in [5.41, 5.74) is 0. The van der Waals surface area contributed by atoms with Crippen LogP contribution in [0.2, 0.25) is 0 Å². The predicted molar refractivity (Wildman–Crippen MR) is 89.3 cm³/mol. The minimum Gasteiger partial charge on any atom is -0.294 e. The SMILES string of the molecule is C=CC1CCC(N2C3CCCCC3C3CCCCC32)CC1. The Morgan fingerprint density at radius 2 is 1.19 bits per heavy atom. The van der Waals surface area contributed by atoms with Gasteiger partial charge in [0.25, 0.3) is 0 Å². The molecule has 0 aromatic carbocycles. The molecular weight excluding hydrogens is 254 g/mol. The van der Waals surface area contributed by atoms with Gasteiger partial charge in [0.2, 0.25) is 0 Å². The molecule has 0 radical (unpaired) electrons. The molecule has 0 spiro atoms. The zero-order valence-corrected chi connectivity index (χ0v) is 13.7. The zero-order valence-electron chi connectivity index (χ0n) is 13.7. The third-order valence-electron chi connectivity index (χ3n) is 7.38. The summed E-state index contributed by atoms with van der Waals surface area (Å²) in [4.78, 5) is 3.10. The number of nitrogens with zero attached hydrogens (tertiary/aromatic N) is 1. The second-order valence-corrected chi connectivity index (χ2v) is 8.28. The molecule has 0 aromatic heterocycles. The Morgan fingerprint density at radius 1 is 0.667 bits per heavy atom. The lowest BCUT2D eigenvalue weighted by Crippen LogP contribution is -2.48. The summed E-state index contributed by atoms with van der Waals surface area (Å²) in [6.45, 7) is 4.02. The molecule has 4 atom stereocenters. The fraction of sp³-hybridized carbons (Fsp3) is 0.900. The van der Waals surface area contributed by atoms with Gasteiger partial charge in [-0.15, -0.1) is 6.58 Å². The zero-order chi connectivity index (χ0) is 14.2. The largest absolute Gasteiger partial charge is 0.294 e. The van der Waals surface area contributed by atoms with E-state index in [1.807, 2.05) is 0 Å². The maximum Gasteiger partial charge on any atom is 0.0133 e. The number of rotatable bonds is 2. The molecule has 0 aromatic rings. The highest BCUT2D eigenvalue weighted by molar-refractivity contribution is 5.05. The molecule has 4 rings (SSSR count). The maximum atomic E-state index is 4.02. The van der Waals surface area contributed by atoms with Crippen LogP contribution in [0.15, 0.2) is 12.7 Å². The Bertz CT molecular complexity index is 346. The van der Waals surface area contributed by atoms with Crippen LogP contribution in [-0.2, 0) is 0 Å². The van der Waals surface area contributed by atoms with Crippen molar-refractivity contribution in [3.8, 4) is 0 Å². The van der Waals surface area contributed by atoms with Gasteiger partial charge in [0.1, 0.15) is 0 Å². The fourth-order valence-corrected chi connectivity index (χ4v) is 6.44. The van der Waals surface area contributed by atoms with E-state index >= 15 is 0 Å². The van der Waals surface area contributed by atoms with Gasteiger partial charge in [-0.05, 0) is 69.1 Å². The molecule has 1 heteroatoms. The Kier molecular flexibility index (Phi) is 4.13. The average molecular weight is 287 g/mol. The van der Waals surface area contributed by atoms with Crippen LogP contribution in [0.25, 0.3) is 0 Å². The highest BCUT2D eigenvalue weighted by Gasteiger charge is 2.51. The lowest BCUT2D eigenvalue weighted by Gasteiger charge is -2.43. The van der Waals surface area contributed by atoms with Crippen LogP contribution in [0.3, 0.4) is 0 Å². The Labute approximate surface area is 131 Å². The second-order valence-electron chi connectivity index (χ2n) is 8.28. The maximum absolute atomic E-state index is 4.02. The third-order valence-corrected chi connectivity index (χ3v) is 7.38. The Morgan fingerprint density at radius 3 is 1.71 bits per heavy atom. The summed E-state index contributed by atoms with van der Waals surface area (Å²) in [7, 11) is 0. The first-order valence-corrected chi connectivity index (χ1v) is 9.78. The van der Waals surface area contributed by atoms with Gasteiger partial charge < -0.3 is 0 Å². The standard InChI is InChI=1S/C20H33N/c1-2-15-11-13-16(14-12-15)21-19-9-5-3-7-17(19)18-8-4-6-10-20(18)21/h2,15-20H,1,3-14H2. The summed E-state index contributed by atoms with van der Waals surface area (Å²) >= 11 is 0. The highest BCUT2D eigenvalue weighted by atomic mass is 15.3. The number of fused-ring (bicyclic) bond motifs is 3. The average Bonchev–Trinajstić information content (AvgIpc) is 2.90. The molecule has 0 bridgehead atoms. The smallest absolute Gasteiger partial charge is 0.0133 e. The first kappa shape index (κ1) is 14.3. The van der Waals surface area contributed by atoms with Crippen molar-refractivity contribution in [1.29, 1.82) is 0 Å². The van der Waals surface area contributed by atoms with Crippen LogP contribution >= 0.6 is 0 Å². The number of likely N-dealkylation sites (tertiary alicyclic amines) is 1. The molecule has 1 heterocycles. The van der Waals surface area contributed by atoms with Crippen molar-refractivity contribution in [3.05, 3.63) is 12.7 Å². The van der Waals surface area contributed by atoms with E-state index in [1.54, 1.807) is 12.8 Å². The van der Waals surface area contributed by atoms with E-state index in [0.717, 1.165) is 35.9 Å². The number of hydrogen-bond donors (Lipinski definition) is 0. The van der Waals surface area contributed by atoms with E-state index in [1.165, 1.54) is 64.2 Å². The minimum absolute atomic E-state index is 0.813. The van der Waals surface area contributed by atoms with E-state index in [-0.39, 0.29) is 0 Å². The van der Waals surface area contributed by atoms with Crippen molar-refractivity contribution in [2.24, 2.45) is 17.8 Å². The van der Waals surface area contributed by atoms with Crippen molar-refractivity contribution < 1.29 is 0 Å². The fourth-order valence-electron chi connectivity index (χ4n) is 6.44. The van der Waals surface area contributed by atoms with Gasteiger partial charge in [-0.1, -0.05) is 31.8 Å². The Balaban J connectivity index is 1.53. The van der Waals surface area contributed by atoms with Crippen molar-refractivity contribution in [2.75, 3.05) is 0 Å². The highest BCUT2D eigenvalue weighted by Crippen LogP contribution is 2.51. The summed E-state index contributed by atoms with van der Waals surface area (Å²) in [5, 5.41) is 0. The normalized spacial score (nSPS) is 47.6. The van der Waals surface area contributed by atoms with E-state index in [2.05, 4.69) is 17.6 Å². The summed E-state index contributed by atoms with van der Waals surface area (Å²) < 4.78 is 0. The van der Waals surface area contributed by atoms with Gasteiger partial charge in [-0.3, -0.25) is 4.90 Å². The molecule has 4 unspecified atom stereocenters. The lowest BCUT2D eigenvalue weighted by atomic mass is 9.73. The van der Waals surface area contributed by atoms with Gasteiger partial charge in [0, 0.05) is 18.1 Å². The first-order valence-electron chi connectivity index (χ1n) is 9.78. The third kappa shape index (κ3) is 2.50. The van der Waals surface area contributed by atoms with Crippen LogP contribution in [0, 0.1) is 17.8 Å². The molecule has 3 aliphatic carbocycles. The van der Waals surface area contributed by atoms with Crippen molar-refractivity contribution in [3.63, 3.8) is 0 Å². The monoisotopic (exact) mass is 287 g/mol. The van der Waals surface area contributed by atoms with Gasteiger partial charge in [-0.25, -0.2) is 0 Å². The topological polar surface area (TPSA) is 3.24 Å². The molecule has 1 saturated heterocycles. The van der Waals surface area contributed by atoms with E-state index in [9.17, 15) is 0 Å². The van der Waals surface area contributed by atoms with Crippen LogP contribution in [-0.4, -0.2) is 23.0 Å². The summed E-state index contributed by atoms with van der Waals surface area (Å²) in [6.07, 6.45) is 20.1. The number of hydrogen-bond acceptors (Lipinski definition) is 1. The second kappa shape index (κ2) is 6.07. The molecule has 4 fully saturated rings. The van der Waals surface area contributed by atoms with Gasteiger partial charge in [0.05, 0.1) is 0 Å². The van der Waals surface area contributed by atoms with Crippen LogP contribution in [0.4, 0.5) is 0 Å². The van der Waals surface area contributed by atoms with Crippen LogP contribution < -0.4 is 0 Å². The molecule has 0 N–H and O–H groups in total. The van der Waals surface area contributed by atoms with Gasteiger partial charge in [0.15, 0.2) is 0 Å². The van der Waals surface area contributed by atoms with Crippen molar-refractivity contribution in [2.45, 2.75) is 95.2 Å². The van der Waals surface area contributed by atoms with E-state index in [0.29, 0.717) is 0 Å². The quantitative estimate of drug-likeness (QED) is 0.634. The molecule has 118 valence electrons. The van der Waals surface area contributed by atoms with Crippen molar-refractivity contribution >= 4 is 0 Å². The van der Waals surface area contributed by atoms with E-state index in [4.69, 9.17) is 0 Å². The van der Waals surface area contributed by atoms with Crippen LogP contribution in [0.5, 0.6) is 0 Å². The molecular formula is C20H33N. The summed E-state index contributed by atoms with van der Waals surface area (Å²) in [6, 6.07) is 2.86. The predicted octanol–water partition coefficient (Wildman–Crippen LogP) is 5.16. The molecule has 3 saturated carbocycles. The molecule has 4 aliphatic rings. The Hall–Kier alpha value is -0.300. The molecule has 1 aliphatic heterocycles. The first-order chi connectivity index (χ1) is 10.4. The van der Waals surface area contributed by atoms with Crippen molar-refractivity contribution in [1.82, 2.24) is 4.90 Å². The van der Waals surface area contributed by atoms with E-state index < -0.39 is 0 Å².